The smallest absolute Gasteiger partial charge is 0.257 e. The molecule has 0 aliphatic rings. The molecule has 0 aromatic heterocycles. The minimum absolute atomic E-state index is 0.0299. The number of phenolic OH excluding ortho intramolecular Hbond substituents is 1. The molecular weight excluding hydrogens is 286 g/mol. The first-order valence-corrected chi connectivity index (χ1v) is 6.17. The van der Waals surface area contributed by atoms with Crippen molar-refractivity contribution < 1.29 is 15.0 Å². The number of nitrogens with zero attached hydrogens (tertiary/aromatic N) is 1. The summed E-state index contributed by atoms with van der Waals surface area (Å²) in [7, 11) is 0. The van der Waals surface area contributed by atoms with Gasteiger partial charge in [0.2, 0.25) is 0 Å². The monoisotopic (exact) mass is 301 g/mol. The summed E-state index contributed by atoms with van der Waals surface area (Å²) in [4.78, 5) is 13.7. The van der Waals surface area contributed by atoms with Gasteiger partial charge in [0, 0.05) is 17.1 Å². The molecule has 0 unspecified atom stereocenters. The highest BCUT2D eigenvalue weighted by atomic mass is 79.9. The molecule has 0 atom stereocenters. The lowest BCUT2D eigenvalue weighted by Gasteiger charge is -2.26. The van der Waals surface area contributed by atoms with Crippen LogP contribution < -0.4 is 0 Å². The van der Waals surface area contributed by atoms with Gasteiger partial charge in [0.25, 0.3) is 5.91 Å². The van der Waals surface area contributed by atoms with Crippen LogP contribution in [0.4, 0.5) is 0 Å². The van der Waals surface area contributed by atoms with Crippen molar-refractivity contribution in [3.8, 4) is 5.75 Å². The SMILES string of the molecule is CC(C)N(CCO)C(=O)c1ccc(Br)cc1O. The maximum atomic E-state index is 12.1. The number of aliphatic hydroxyl groups excluding tert-OH is 1. The van der Waals surface area contributed by atoms with Crippen LogP contribution in [0.1, 0.15) is 24.2 Å². The van der Waals surface area contributed by atoms with E-state index in [1.807, 2.05) is 13.8 Å². The number of carbonyl (C=O) groups is 1. The highest BCUT2D eigenvalue weighted by Crippen LogP contribution is 2.24. The zero-order valence-electron chi connectivity index (χ0n) is 9.85. The van der Waals surface area contributed by atoms with Crippen molar-refractivity contribution in [3.05, 3.63) is 28.2 Å². The lowest BCUT2D eigenvalue weighted by molar-refractivity contribution is 0.0662. The average molecular weight is 302 g/mol. The van der Waals surface area contributed by atoms with Gasteiger partial charge in [-0.2, -0.15) is 0 Å². The normalized spacial score (nSPS) is 10.6. The summed E-state index contributed by atoms with van der Waals surface area (Å²) in [5.74, 6) is -0.341. The van der Waals surface area contributed by atoms with Crippen molar-refractivity contribution in [2.75, 3.05) is 13.2 Å². The maximum Gasteiger partial charge on any atom is 0.257 e. The van der Waals surface area contributed by atoms with E-state index in [1.54, 1.807) is 12.1 Å². The Morgan fingerprint density at radius 2 is 2.12 bits per heavy atom. The molecule has 5 heteroatoms. The van der Waals surface area contributed by atoms with E-state index in [-0.39, 0.29) is 36.4 Å². The number of aromatic hydroxyl groups is 1. The van der Waals surface area contributed by atoms with Gasteiger partial charge >= 0.3 is 0 Å². The second-order valence-corrected chi connectivity index (χ2v) is 4.89. The molecule has 0 spiro atoms. The third-order valence-electron chi connectivity index (χ3n) is 2.42. The van der Waals surface area contributed by atoms with Gasteiger partial charge in [-0.1, -0.05) is 15.9 Å². The Morgan fingerprint density at radius 1 is 1.47 bits per heavy atom. The van der Waals surface area contributed by atoms with Crippen LogP contribution in [0.2, 0.25) is 0 Å². The fourth-order valence-corrected chi connectivity index (χ4v) is 1.89. The molecule has 0 saturated carbocycles. The third kappa shape index (κ3) is 3.44. The van der Waals surface area contributed by atoms with Crippen LogP contribution >= 0.6 is 15.9 Å². The standard InChI is InChI=1S/C12H16BrNO3/c1-8(2)14(5-6-15)12(17)10-4-3-9(13)7-11(10)16/h3-4,7-8,15-16H,5-6H2,1-2H3. The van der Waals surface area contributed by atoms with E-state index in [4.69, 9.17) is 5.11 Å². The highest BCUT2D eigenvalue weighted by molar-refractivity contribution is 9.10. The van der Waals surface area contributed by atoms with E-state index in [9.17, 15) is 9.90 Å². The summed E-state index contributed by atoms with van der Waals surface area (Å²) in [5, 5.41) is 18.7. The minimum atomic E-state index is -0.279. The van der Waals surface area contributed by atoms with Gasteiger partial charge in [-0.3, -0.25) is 4.79 Å². The number of aliphatic hydroxyl groups is 1. The summed E-state index contributed by atoms with van der Waals surface area (Å²) in [6.07, 6.45) is 0. The molecule has 1 rings (SSSR count). The predicted molar refractivity (Wildman–Crippen MR) is 69.1 cm³/mol. The molecule has 2 N–H and O–H groups in total. The molecule has 0 saturated heterocycles. The summed E-state index contributed by atoms with van der Waals surface area (Å²) < 4.78 is 0.713. The average Bonchev–Trinajstić information content (AvgIpc) is 2.24. The molecule has 0 aliphatic heterocycles. The molecular formula is C12H16BrNO3. The van der Waals surface area contributed by atoms with Crippen molar-refractivity contribution in [1.29, 1.82) is 0 Å². The first-order chi connectivity index (χ1) is 7.97. The van der Waals surface area contributed by atoms with Gasteiger partial charge in [-0.05, 0) is 32.0 Å². The van der Waals surface area contributed by atoms with E-state index in [0.29, 0.717) is 4.47 Å². The van der Waals surface area contributed by atoms with Crippen LogP contribution in [0, 0.1) is 0 Å². The lowest BCUT2D eigenvalue weighted by atomic mass is 10.1. The van der Waals surface area contributed by atoms with Gasteiger partial charge in [-0.25, -0.2) is 0 Å². The van der Waals surface area contributed by atoms with Gasteiger partial charge < -0.3 is 15.1 Å². The van der Waals surface area contributed by atoms with Gasteiger partial charge in [0.05, 0.1) is 12.2 Å². The van der Waals surface area contributed by atoms with Gasteiger partial charge in [0.15, 0.2) is 0 Å². The maximum absolute atomic E-state index is 12.1. The number of rotatable bonds is 4. The molecule has 4 nitrogen and oxygen atoms in total. The van der Waals surface area contributed by atoms with Gasteiger partial charge in [-0.15, -0.1) is 0 Å². The number of benzene rings is 1. The van der Waals surface area contributed by atoms with Crippen LogP contribution in [-0.4, -0.2) is 40.2 Å². The van der Waals surface area contributed by atoms with E-state index < -0.39 is 0 Å². The molecule has 17 heavy (non-hydrogen) atoms. The number of amides is 1. The van der Waals surface area contributed by atoms with E-state index >= 15 is 0 Å². The Hall–Kier alpha value is -1.07. The van der Waals surface area contributed by atoms with Crippen molar-refractivity contribution in [1.82, 2.24) is 4.90 Å². The Morgan fingerprint density at radius 3 is 2.59 bits per heavy atom. The summed E-state index contributed by atoms with van der Waals surface area (Å²) in [5.41, 5.74) is 0.246. The zero-order chi connectivity index (χ0) is 13.0. The number of halogens is 1. The Kier molecular flexibility index (Phi) is 4.96. The second kappa shape index (κ2) is 6.02. The van der Waals surface area contributed by atoms with E-state index in [1.165, 1.54) is 11.0 Å². The lowest BCUT2D eigenvalue weighted by Crippen LogP contribution is -2.39. The topological polar surface area (TPSA) is 60.8 Å². The van der Waals surface area contributed by atoms with Crippen molar-refractivity contribution in [3.63, 3.8) is 0 Å². The highest BCUT2D eigenvalue weighted by Gasteiger charge is 2.20. The van der Waals surface area contributed by atoms with Crippen molar-refractivity contribution >= 4 is 21.8 Å². The first kappa shape index (κ1) is 14.0. The molecule has 0 radical (unpaired) electrons. The van der Waals surface area contributed by atoms with Crippen molar-refractivity contribution in [2.24, 2.45) is 0 Å². The molecule has 1 aromatic rings. The summed E-state index contributed by atoms with van der Waals surface area (Å²) in [6.45, 7) is 3.89. The Balaban J connectivity index is 3.01. The quantitative estimate of drug-likeness (QED) is 0.894. The largest absolute Gasteiger partial charge is 0.507 e. The molecule has 94 valence electrons. The fraction of sp³-hybridized carbons (Fsp3) is 0.417. The number of hydrogen-bond acceptors (Lipinski definition) is 3. The van der Waals surface area contributed by atoms with Crippen LogP contribution in [-0.2, 0) is 0 Å². The molecule has 0 bridgehead atoms. The van der Waals surface area contributed by atoms with Crippen LogP contribution in [0.3, 0.4) is 0 Å². The molecule has 0 fully saturated rings. The van der Waals surface area contributed by atoms with Crippen molar-refractivity contribution in [2.45, 2.75) is 19.9 Å². The first-order valence-electron chi connectivity index (χ1n) is 5.37. The molecule has 0 aliphatic carbocycles. The summed E-state index contributed by atoms with van der Waals surface area (Å²) >= 11 is 3.22. The second-order valence-electron chi connectivity index (χ2n) is 3.98. The van der Waals surface area contributed by atoms with Crippen LogP contribution in [0.5, 0.6) is 5.75 Å². The third-order valence-corrected chi connectivity index (χ3v) is 2.91. The summed E-state index contributed by atoms with van der Waals surface area (Å²) in [6, 6.07) is 4.71. The Bertz CT molecular complexity index is 407. The minimum Gasteiger partial charge on any atom is -0.507 e. The number of hydrogen-bond donors (Lipinski definition) is 2. The molecule has 1 aromatic carbocycles. The van der Waals surface area contributed by atoms with E-state index in [2.05, 4.69) is 15.9 Å². The Labute approximate surface area is 109 Å². The van der Waals surface area contributed by atoms with E-state index in [0.717, 1.165) is 0 Å². The number of phenols is 1. The van der Waals surface area contributed by atoms with Crippen LogP contribution in [0.15, 0.2) is 22.7 Å². The zero-order valence-corrected chi connectivity index (χ0v) is 11.4. The number of carbonyl (C=O) groups excluding carboxylic acids is 1. The molecule has 1 amide bonds. The predicted octanol–water partition coefficient (Wildman–Crippen LogP) is 2.00. The van der Waals surface area contributed by atoms with Crippen LogP contribution in [0.25, 0.3) is 0 Å². The fourth-order valence-electron chi connectivity index (χ4n) is 1.54. The van der Waals surface area contributed by atoms with Gasteiger partial charge in [0.1, 0.15) is 5.75 Å². The molecule has 0 heterocycles.